The Morgan fingerprint density at radius 3 is 2.55 bits per heavy atom. The lowest BCUT2D eigenvalue weighted by molar-refractivity contribution is 0.265. The molecule has 0 fully saturated rings. The molecule has 1 aromatic carbocycles. The summed E-state index contributed by atoms with van der Waals surface area (Å²) in [4.78, 5) is 0. The summed E-state index contributed by atoms with van der Waals surface area (Å²) in [5, 5.41) is 8.32. The van der Waals surface area contributed by atoms with E-state index in [1.54, 1.807) is 6.07 Å². The Hall–Kier alpha value is -0.830. The molecule has 0 spiro atoms. The third kappa shape index (κ3) is 4.08. The SMILES string of the molecule is CC(CN)(CC(CO)S(=O)[O-])c1cccc(C(N)N)c1. The van der Waals surface area contributed by atoms with Crippen molar-refractivity contribution in [1.82, 2.24) is 0 Å². The summed E-state index contributed by atoms with van der Waals surface area (Å²) < 4.78 is 22.2. The summed E-state index contributed by atoms with van der Waals surface area (Å²) in [6.07, 6.45) is -0.362. The smallest absolute Gasteiger partial charge is 0.0784 e. The fourth-order valence-corrected chi connectivity index (χ4v) is 2.76. The van der Waals surface area contributed by atoms with Crippen molar-refractivity contribution in [2.24, 2.45) is 17.2 Å². The van der Waals surface area contributed by atoms with Crippen LogP contribution < -0.4 is 17.2 Å². The largest absolute Gasteiger partial charge is 0.772 e. The van der Waals surface area contributed by atoms with E-state index in [4.69, 9.17) is 17.2 Å². The second kappa shape index (κ2) is 7.26. The molecule has 7 heteroatoms. The van der Waals surface area contributed by atoms with Crippen LogP contribution >= 0.6 is 0 Å². The monoisotopic (exact) mass is 300 g/mol. The Labute approximate surface area is 121 Å². The van der Waals surface area contributed by atoms with Gasteiger partial charge in [-0.3, -0.25) is 4.21 Å². The topological polar surface area (TPSA) is 138 Å². The molecule has 0 aliphatic carbocycles. The first-order valence-electron chi connectivity index (χ1n) is 6.34. The molecule has 0 saturated carbocycles. The van der Waals surface area contributed by atoms with Crippen molar-refractivity contribution in [2.75, 3.05) is 13.2 Å². The molecule has 114 valence electrons. The average molecular weight is 300 g/mol. The van der Waals surface area contributed by atoms with Crippen LogP contribution in [0.5, 0.6) is 0 Å². The molecule has 0 amide bonds. The van der Waals surface area contributed by atoms with Crippen molar-refractivity contribution in [2.45, 2.75) is 30.2 Å². The summed E-state index contributed by atoms with van der Waals surface area (Å²) in [5.74, 6) is 0. The predicted molar refractivity (Wildman–Crippen MR) is 78.4 cm³/mol. The lowest BCUT2D eigenvalue weighted by Gasteiger charge is -2.33. The standard InChI is InChI=1S/C13H23N3O3S/c1-13(8-14,6-11(7-17)20(18)19)10-4-2-3-9(5-10)12(15)16/h2-5,11-12,17H,6-8,14-16H2,1H3,(H,18,19)/p-1. The molecule has 0 aliphatic rings. The van der Waals surface area contributed by atoms with Gasteiger partial charge in [-0.05, 0) is 28.6 Å². The Morgan fingerprint density at radius 2 is 2.10 bits per heavy atom. The van der Waals surface area contributed by atoms with E-state index in [-0.39, 0.29) is 13.0 Å². The zero-order valence-electron chi connectivity index (χ0n) is 11.5. The molecule has 1 aromatic rings. The van der Waals surface area contributed by atoms with Crippen LogP contribution in [0.2, 0.25) is 0 Å². The molecule has 6 nitrogen and oxygen atoms in total. The van der Waals surface area contributed by atoms with Gasteiger partial charge in [-0.25, -0.2) is 0 Å². The van der Waals surface area contributed by atoms with Crippen molar-refractivity contribution in [3.63, 3.8) is 0 Å². The third-order valence-electron chi connectivity index (χ3n) is 3.57. The maximum atomic E-state index is 11.1. The van der Waals surface area contributed by atoms with Crippen LogP contribution in [-0.4, -0.2) is 32.3 Å². The van der Waals surface area contributed by atoms with Gasteiger partial charge in [0.25, 0.3) is 0 Å². The van der Waals surface area contributed by atoms with Crippen molar-refractivity contribution >= 4 is 11.1 Å². The lowest BCUT2D eigenvalue weighted by atomic mass is 9.78. The minimum atomic E-state index is -2.34. The number of aliphatic hydroxyl groups is 1. The van der Waals surface area contributed by atoms with Gasteiger partial charge >= 0.3 is 0 Å². The number of hydrogen-bond donors (Lipinski definition) is 4. The van der Waals surface area contributed by atoms with Gasteiger partial charge in [-0.1, -0.05) is 31.2 Å². The average Bonchev–Trinajstić information content (AvgIpc) is 2.44. The number of aliphatic hydroxyl groups excluding tert-OH is 1. The molecule has 3 unspecified atom stereocenters. The molecule has 0 aromatic heterocycles. The highest BCUT2D eigenvalue weighted by atomic mass is 32.2. The maximum absolute atomic E-state index is 11.1. The normalized spacial score (nSPS) is 17.8. The molecular weight excluding hydrogens is 278 g/mol. The van der Waals surface area contributed by atoms with Gasteiger partial charge in [0.1, 0.15) is 0 Å². The Morgan fingerprint density at radius 1 is 1.45 bits per heavy atom. The second-order valence-electron chi connectivity index (χ2n) is 5.19. The first-order valence-corrected chi connectivity index (χ1v) is 7.48. The maximum Gasteiger partial charge on any atom is 0.0784 e. The van der Waals surface area contributed by atoms with Crippen LogP contribution in [0.25, 0.3) is 0 Å². The van der Waals surface area contributed by atoms with Crippen LogP contribution in [0.3, 0.4) is 0 Å². The minimum absolute atomic E-state index is 0.235. The first-order chi connectivity index (χ1) is 9.34. The summed E-state index contributed by atoms with van der Waals surface area (Å²) in [6, 6.07) is 7.31. The molecule has 0 bridgehead atoms. The van der Waals surface area contributed by atoms with E-state index in [1.807, 2.05) is 25.1 Å². The number of hydrogen-bond acceptors (Lipinski definition) is 6. The van der Waals surface area contributed by atoms with Crippen LogP contribution in [0.1, 0.15) is 30.6 Å². The van der Waals surface area contributed by atoms with Gasteiger partial charge in [0, 0.05) is 17.2 Å². The fraction of sp³-hybridized carbons (Fsp3) is 0.538. The van der Waals surface area contributed by atoms with Gasteiger partial charge in [-0.2, -0.15) is 0 Å². The highest BCUT2D eigenvalue weighted by Crippen LogP contribution is 2.30. The van der Waals surface area contributed by atoms with E-state index in [0.717, 1.165) is 11.1 Å². The highest BCUT2D eigenvalue weighted by Gasteiger charge is 2.29. The minimum Gasteiger partial charge on any atom is -0.772 e. The van der Waals surface area contributed by atoms with Crippen molar-refractivity contribution in [3.8, 4) is 0 Å². The lowest BCUT2D eigenvalue weighted by Crippen LogP contribution is -2.38. The first kappa shape index (κ1) is 17.2. The molecular formula is C13H22N3O3S-. The molecule has 0 saturated heterocycles. The third-order valence-corrected chi connectivity index (χ3v) is 4.43. The molecule has 0 aliphatic heterocycles. The molecule has 0 radical (unpaired) electrons. The summed E-state index contributed by atoms with van der Waals surface area (Å²) >= 11 is -2.34. The van der Waals surface area contributed by atoms with Crippen molar-refractivity contribution < 1.29 is 13.9 Å². The van der Waals surface area contributed by atoms with E-state index < -0.39 is 34.5 Å². The van der Waals surface area contributed by atoms with Crippen LogP contribution in [0.15, 0.2) is 24.3 Å². The zero-order chi connectivity index (χ0) is 15.3. The highest BCUT2D eigenvalue weighted by molar-refractivity contribution is 7.79. The van der Waals surface area contributed by atoms with E-state index in [2.05, 4.69) is 0 Å². The second-order valence-corrected chi connectivity index (χ2v) is 6.37. The molecule has 7 N–H and O–H groups in total. The number of benzene rings is 1. The van der Waals surface area contributed by atoms with Crippen LogP contribution in [-0.2, 0) is 16.5 Å². The molecule has 20 heavy (non-hydrogen) atoms. The van der Waals surface area contributed by atoms with E-state index in [9.17, 15) is 13.9 Å². The Kier molecular flexibility index (Phi) is 6.25. The Bertz CT molecular complexity index is 470. The predicted octanol–water partition coefficient (Wildman–Crippen LogP) is -0.551. The summed E-state index contributed by atoms with van der Waals surface area (Å²) in [7, 11) is 0. The van der Waals surface area contributed by atoms with Gasteiger partial charge in [0.2, 0.25) is 0 Å². The van der Waals surface area contributed by atoms with Gasteiger partial charge in [-0.15, -0.1) is 0 Å². The van der Waals surface area contributed by atoms with Gasteiger partial charge < -0.3 is 26.9 Å². The Balaban J connectivity index is 3.09. The fourth-order valence-electron chi connectivity index (χ4n) is 2.14. The van der Waals surface area contributed by atoms with Gasteiger partial charge in [0.05, 0.1) is 12.8 Å². The summed E-state index contributed by atoms with van der Waals surface area (Å²) in [6.45, 7) is 1.69. The van der Waals surface area contributed by atoms with Crippen LogP contribution in [0.4, 0.5) is 0 Å². The van der Waals surface area contributed by atoms with E-state index in [0.29, 0.717) is 0 Å². The molecule has 0 heterocycles. The van der Waals surface area contributed by atoms with Crippen molar-refractivity contribution in [1.29, 1.82) is 0 Å². The van der Waals surface area contributed by atoms with Gasteiger partial charge in [0.15, 0.2) is 0 Å². The quantitative estimate of drug-likeness (QED) is 0.393. The van der Waals surface area contributed by atoms with Crippen LogP contribution in [0, 0.1) is 0 Å². The number of nitrogens with two attached hydrogens (primary N) is 3. The van der Waals surface area contributed by atoms with Crippen molar-refractivity contribution in [3.05, 3.63) is 35.4 Å². The van der Waals surface area contributed by atoms with E-state index in [1.165, 1.54) is 0 Å². The molecule has 3 atom stereocenters. The number of rotatable bonds is 7. The zero-order valence-corrected chi connectivity index (χ0v) is 12.3. The van der Waals surface area contributed by atoms with E-state index >= 15 is 0 Å². The molecule has 1 rings (SSSR count). The summed E-state index contributed by atoms with van der Waals surface area (Å²) in [5.41, 5.74) is 18.2.